The average Bonchev–Trinajstić information content (AvgIpc) is 2.54. The molecule has 2 rings (SSSR count). The van der Waals surface area contributed by atoms with Crippen molar-refractivity contribution in [3.8, 4) is 0 Å². The first-order chi connectivity index (χ1) is 11.3. The van der Waals surface area contributed by atoms with Crippen LogP contribution in [0.3, 0.4) is 0 Å². The Morgan fingerprint density at radius 3 is 2.56 bits per heavy atom. The van der Waals surface area contributed by atoms with E-state index in [0.29, 0.717) is 5.69 Å². The van der Waals surface area contributed by atoms with Gasteiger partial charge in [0.05, 0.1) is 4.90 Å². The first kappa shape index (κ1) is 21.9. The third kappa shape index (κ3) is 5.95. The molecule has 1 aromatic rings. The first-order valence-electron chi connectivity index (χ1n) is 8.44. The molecule has 1 unspecified atom stereocenters. The third-order valence-electron chi connectivity index (χ3n) is 4.39. The summed E-state index contributed by atoms with van der Waals surface area (Å²) in [6.07, 6.45) is 5.31. The molecule has 1 aliphatic rings. The van der Waals surface area contributed by atoms with Gasteiger partial charge in [0.25, 0.3) is 0 Å². The summed E-state index contributed by atoms with van der Waals surface area (Å²) in [6, 6.07) is 6.21. The van der Waals surface area contributed by atoms with Crippen LogP contribution < -0.4 is 11.1 Å². The number of hydrogen-bond donors (Lipinski definition) is 2. The lowest BCUT2D eigenvalue weighted by atomic mass is 9.96. The van der Waals surface area contributed by atoms with Gasteiger partial charge in [-0.1, -0.05) is 25.3 Å². The molecule has 0 aromatic heterocycles. The second-order valence-corrected chi connectivity index (χ2v) is 8.57. The molecule has 25 heavy (non-hydrogen) atoms. The molecular formula is C17H28ClN3O3S. The fraction of sp³-hybridized carbons (Fsp3) is 0.588. The molecule has 0 bridgehead atoms. The molecule has 142 valence electrons. The van der Waals surface area contributed by atoms with Gasteiger partial charge in [-0.25, -0.2) is 8.42 Å². The number of anilines is 1. The Morgan fingerprint density at radius 2 is 1.96 bits per heavy atom. The van der Waals surface area contributed by atoms with Crippen molar-refractivity contribution in [3.05, 3.63) is 24.3 Å². The summed E-state index contributed by atoms with van der Waals surface area (Å²) in [5.41, 5.74) is 6.08. The summed E-state index contributed by atoms with van der Waals surface area (Å²) in [7, 11) is -1.92. The van der Waals surface area contributed by atoms with Gasteiger partial charge in [0, 0.05) is 31.2 Å². The van der Waals surface area contributed by atoms with Gasteiger partial charge in [-0.15, -0.1) is 12.4 Å². The minimum Gasteiger partial charge on any atom is -0.327 e. The van der Waals surface area contributed by atoms with Crippen LogP contribution in [0.4, 0.5) is 5.69 Å². The van der Waals surface area contributed by atoms with Crippen LogP contribution in [-0.4, -0.2) is 37.8 Å². The monoisotopic (exact) mass is 389 g/mol. The highest BCUT2D eigenvalue weighted by molar-refractivity contribution is 7.89. The van der Waals surface area contributed by atoms with E-state index in [1.807, 2.05) is 0 Å². The standard InChI is InChI=1S/C17H27N3O3S.ClH/c1-13(18)11-17(21)19-14-7-6-10-16(12-14)24(22,23)20(2)15-8-4-3-5-9-15;/h6-7,10,12-13,15H,3-5,8-9,11,18H2,1-2H3,(H,19,21);1H. The van der Waals surface area contributed by atoms with Gasteiger partial charge in [-0.05, 0) is 38.0 Å². The number of hydrogen-bond acceptors (Lipinski definition) is 4. The predicted molar refractivity (Wildman–Crippen MR) is 102 cm³/mol. The fourth-order valence-electron chi connectivity index (χ4n) is 3.05. The largest absolute Gasteiger partial charge is 0.327 e. The van der Waals surface area contributed by atoms with Crippen LogP contribution in [0.1, 0.15) is 45.4 Å². The predicted octanol–water partition coefficient (Wildman–Crippen LogP) is 2.74. The van der Waals surface area contributed by atoms with E-state index in [1.54, 1.807) is 32.2 Å². The Kier molecular flexibility index (Phi) is 8.34. The SMILES string of the molecule is CC(N)CC(=O)Nc1cccc(S(=O)(=O)N(C)C2CCCCC2)c1.Cl. The highest BCUT2D eigenvalue weighted by atomic mass is 35.5. The van der Waals surface area contributed by atoms with Crippen molar-refractivity contribution in [1.29, 1.82) is 0 Å². The van der Waals surface area contributed by atoms with Gasteiger partial charge in [0.2, 0.25) is 15.9 Å². The number of carbonyl (C=O) groups is 1. The zero-order valence-electron chi connectivity index (χ0n) is 14.8. The Hall–Kier alpha value is -1.15. The van der Waals surface area contributed by atoms with E-state index >= 15 is 0 Å². The minimum absolute atomic E-state index is 0. The molecule has 1 saturated carbocycles. The number of carbonyl (C=O) groups excluding carboxylic acids is 1. The number of benzene rings is 1. The maximum absolute atomic E-state index is 12.8. The van der Waals surface area contributed by atoms with E-state index in [4.69, 9.17) is 5.73 Å². The van der Waals surface area contributed by atoms with Crippen LogP contribution in [0.25, 0.3) is 0 Å². The van der Waals surface area contributed by atoms with Crippen LogP contribution >= 0.6 is 12.4 Å². The molecule has 0 aliphatic heterocycles. The Bertz CT molecular complexity index is 673. The molecule has 1 atom stereocenters. The summed E-state index contributed by atoms with van der Waals surface area (Å²) in [5, 5.41) is 2.70. The van der Waals surface area contributed by atoms with Gasteiger partial charge in [0.15, 0.2) is 0 Å². The van der Waals surface area contributed by atoms with E-state index in [-0.39, 0.29) is 41.7 Å². The highest BCUT2D eigenvalue weighted by Crippen LogP contribution is 2.27. The lowest BCUT2D eigenvalue weighted by Gasteiger charge is -2.30. The number of nitrogens with zero attached hydrogens (tertiary/aromatic N) is 1. The number of halogens is 1. The van der Waals surface area contributed by atoms with Gasteiger partial charge in [-0.2, -0.15) is 4.31 Å². The smallest absolute Gasteiger partial charge is 0.243 e. The normalized spacial score (nSPS) is 17.0. The summed E-state index contributed by atoms with van der Waals surface area (Å²) < 4.78 is 27.2. The Morgan fingerprint density at radius 1 is 1.32 bits per heavy atom. The van der Waals surface area contributed by atoms with E-state index in [0.717, 1.165) is 25.7 Å². The molecule has 0 heterocycles. The Labute approximate surface area is 156 Å². The highest BCUT2D eigenvalue weighted by Gasteiger charge is 2.29. The topological polar surface area (TPSA) is 92.5 Å². The lowest BCUT2D eigenvalue weighted by molar-refractivity contribution is -0.116. The molecule has 0 saturated heterocycles. The molecular weight excluding hydrogens is 362 g/mol. The molecule has 1 aromatic carbocycles. The zero-order valence-corrected chi connectivity index (χ0v) is 16.4. The summed E-state index contributed by atoms with van der Waals surface area (Å²) in [4.78, 5) is 12.0. The number of nitrogens with two attached hydrogens (primary N) is 1. The first-order valence-corrected chi connectivity index (χ1v) is 9.88. The summed E-state index contributed by atoms with van der Waals surface area (Å²) in [6.45, 7) is 1.75. The summed E-state index contributed by atoms with van der Waals surface area (Å²) in [5.74, 6) is -0.222. The second-order valence-electron chi connectivity index (χ2n) is 6.57. The number of amides is 1. The van der Waals surface area contributed by atoms with Crippen LogP contribution in [0.5, 0.6) is 0 Å². The Balaban J connectivity index is 0.00000312. The fourth-order valence-corrected chi connectivity index (χ4v) is 4.51. The van der Waals surface area contributed by atoms with Crippen molar-refractivity contribution in [2.24, 2.45) is 5.73 Å². The lowest BCUT2D eigenvalue weighted by Crippen LogP contribution is -2.38. The van der Waals surface area contributed by atoms with Crippen LogP contribution in [0, 0.1) is 0 Å². The van der Waals surface area contributed by atoms with Crippen LogP contribution in [0.2, 0.25) is 0 Å². The maximum atomic E-state index is 12.8. The van der Waals surface area contributed by atoms with E-state index < -0.39 is 10.0 Å². The van der Waals surface area contributed by atoms with Crippen molar-refractivity contribution in [3.63, 3.8) is 0 Å². The summed E-state index contributed by atoms with van der Waals surface area (Å²) >= 11 is 0. The van der Waals surface area contributed by atoms with Crippen molar-refractivity contribution in [2.45, 2.75) is 62.4 Å². The molecule has 1 fully saturated rings. The maximum Gasteiger partial charge on any atom is 0.243 e. The number of sulfonamides is 1. The van der Waals surface area contributed by atoms with Crippen molar-refractivity contribution < 1.29 is 13.2 Å². The average molecular weight is 390 g/mol. The van der Waals surface area contributed by atoms with E-state index in [2.05, 4.69) is 5.32 Å². The van der Waals surface area contributed by atoms with E-state index in [9.17, 15) is 13.2 Å². The van der Waals surface area contributed by atoms with E-state index in [1.165, 1.54) is 16.8 Å². The van der Waals surface area contributed by atoms with Crippen LogP contribution in [-0.2, 0) is 14.8 Å². The van der Waals surface area contributed by atoms with Gasteiger partial charge in [-0.3, -0.25) is 4.79 Å². The third-order valence-corrected chi connectivity index (χ3v) is 6.30. The second kappa shape index (κ2) is 9.52. The van der Waals surface area contributed by atoms with Gasteiger partial charge in [0.1, 0.15) is 0 Å². The molecule has 1 amide bonds. The molecule has 0 radical (unpaired) electrons. The molecule has 6 nitrogen and oxygen atoms in total. The van der Waals surface area contributed by atoms with Crippen molar-refractivity contribution >= 4 is 34.0 Å². The number of rotatable bonds is 6. The molecule has 8 heteroatoms. The van der Waals surface area contributed by atoms with Gasteiger partial charge >= 0.3 is 0 Å². The molecule has 1 aliphatic carbocycles. The zero-order chi connectivity index (χ0) is 17.7. The van der Waals surface area contributed by atoms with Crippen molar-refractivity contribution in [1.82, 2.24) is 4.31 Å². The van der Waals surface area contributed by atoms with Crippen LogP contribution in [0.15, 0.2) is 29.2 Å². The molecule has 3 N–H and O–H groups in total. The number of nitrogens with one attached hydrogen (secondary N) is 1. The molecule has 0 spiro atoms. The van der Waals surface area contributed by atoms with Gasteiger partial charge < -0.3 is 11.1 Å². The van der Waals surface area contributed by atoms with Crippen molar-refractivity contribution in [2.75, 3.05) is 12.4 Å². The quantitative estimate of drug-likeness (QED) is 0.782. The minimum atomic E-state index is -3.56.